The van der Waals surface area contributed by atoms with Gasteiger partial charge in [-0.2, -0.15) is 11.8 Å². The van der Waals surface area contributed by atoms with Crippen molar-refractivity contribution < 1.29 is 0 Å². The molecular formula is C12H13BrN2S. The van der Waals surface area contributed by atoms with Gasteiger partial charge in [-0.05, 0) is 52.4 Å². The fraction of sp³-hybridized carbons (Fsp3) is 0.417. The van der Waals surface area contributed by atoms with Gasteiger partial charge in [-0.1, -0.05) is 0 Å². The number of halogens is 1. The van der Waals surface area contributed by atoms with E-state index in [0.29, 0.717) is 5.92 Å². The van der Waals surface area contributed by atoms with Gasteiger partial charge in [0.1, 0.15) is 5.65 Å². The number of nitrogens with zero attached hydrogens (tertiary/aromatic N) is 2. The summed E-state index contributed by atoms with van der Waals surface area (Å²) >= 11 is 5.55. The van der Waals surface area contributed by atoms with Gasteiger partial charge in [0.25, 0.3) is 0 Å². The van der Waals surface area contributed by atoms with Crippen LogP contribution in [0.25, 0.3) is 5.65 Å². The number of fused-ring (bicyclic) bond motifs is 1. The molecule has 1 saturated heterocycles. The fourth-order valence-electron chi connectivity index (χ4n) is 2.17. The maximum atomic E-state index is 4.71. The van der Waals surface area contributed by atoms with E-state index in [-0.39, 0.29) is 0 Å². The Balaban J connectivity index is 1.97. The van der Waals surface area contributed by atoms with E-state index in [1.807, 2.05) is 6.07 Å². The van der Waals surface area contributed by atoms with E-state index in [4.69, 9.17) is 4.98 Å². The summed E-state index contributed by atoms with van der Waals surface area (Å²) in [6.45, 7) is 0. The zero-order chi connectivity index (χ0) is 11.0. The molecule has 2 aromatic rings. The molecule has 0 radical (unpaired) electrons. The number of pyridine rings is 1. The Labute approximate surface area is 108 Å². The highest BCUT2D eigenvalue weighted by molar-refractivity contribution is 9.10. The number of hydrogen-bond donors (Lipinski definition) is 0. The molecule has 16 heavy (non-hydrogen) atoms. The molecule has 0 spiro atoms. The second-order valence-corrected chi connectivity index (χ2v) is 6.31. The van der Waals surface area contributed by atoms with Crippen molar-refractivity contribution in [2.24, 2.45) is 0 Å². The van der Waals surface area contributed by atoms with E-state index >= 15 is 0 Å². The maximum absolute atomic E-state index is 4.71. The Hall–Kier alpha value is -0.480. The Morgan fingerprint density at radius 1 is 1.25 bits per heavy atom. The lowest BCUT2D eigenvalue weighted by atomic mass is 10.00. The third-order valence-electron chi connectivity index (χ3n) is 3.07. The van der Waals surface area contributed by atoms with Crippen molar-refractivity contribution in [3.8, 4) is 0 Å². The maximum Gasteiger partial charge on any atom is 0.137 e. The molecule has 0 unspecified atom stereocenters. The summed E-state index contributed by atoms with van der Waals surface area (Å²) in [6, 6.07) is 4.11. The number of aromatic nitrogens is 2. The molecule has 2 nitrogen and oxygen atoms in total. The van der Waals surface area contributed by atoms with Crippen molar-refractivity contribution in [3.63, 3.8) is 0 Å². The molecule has 1 aliphatic rings. The third kappa shape index (κ3) is 2.00. The molecule has 0 aliphatic carbocycles. The van der Waals surface area contributed by atoms with Gasteiger partial charge in [0.05, 0.1) is 5.69 Å². The molecule has 84 valence electrons. The zero-order valence-corrected chi connectivity index (χ0v) is 11.3. The van der Waals surface area contributed by atoms with Crippen LogP contribution in [0, 0.1) is 0 Å². The van der Waals surface area contributed by atoms with Gasteiger partial charge < -0.3 is 4.40 Å². The first-order chi connectivity index (χ1) is 7.83. The number of rotatable bonds is 1. The average Bonchev–Trinajstić information content (AvgIpc) is 2.73. The lowest BCUT2D eigenvalue weighted by Gasteiger charge is -2.18. The predicted octanol–water partition coefficient (Wildman–Crippen LogP) is 3.71. The Morgan fingerprint density at radius 2 is 2.06 bits per heavy atom. The first kappa shape index (κ1) is 10.7. The van der Waals surface area contributed by atoms with Crippen LogP contribution >= 0.6 is 27.7 Å². The van der Waals surface area contributed by atoms with E-state index in [1.54, 1.807) is 0 Å². The molecule has 0 bridgehead atoms. The molecule has 0 aromatic carbocycles. The average molecular weight is 297 g/mol. The van der Waals surface area contributed by atoms with Gasteiger partial charge in [-0.25, -0.2) is 4.98 Å². The SMILES string of the molecule is Brc1ccc2nc(C3CCSCC3)cn2c1. The van der Waals surface area contributed by atoms with Crippen molar-refractivity contribution in [2.45, 2.75) is 18.8 Å². The predicted molar refractivity (Wildman–Crippen MR) is 72.2 cm³/mol. The van der Waals surface area contributed by atoms with Crippen LogP contribution in [0.1, 0.15) is 24.5 Å². The van der Waals surface area contributed by atoms with Crippen LogP contribution in [0.2, 0.25) is 0 Å². The van der Waals surface area contributed by atoms with Crippen LogP contribution in [0.5, 0.6) is 0 Å². The molecule has 0 N–H and O–H groups in total. The summed E-state index contributed by atoms with van der Waals surface area (Å²) in [5.41, 5.74) is 2.31. The second-order valence-electron chi connectivity index (χ2n) is 4.17. The minimum absolute atomic E-state index is 0.667. The Kier molecular flexibility index (Phi) is 2.94. The molecule has 3 heterocycles. The fourth-order valence-corrected chi connectivity index (χ4v) is 3.63. The molecule has 2 aromatic heterocycles. The van der Waals surface area contributed by atoms with Gasteiger partial charge in [-0.15, -0.1) is 0 Å². The normalized spacial score (nSPS) is 18.1. The summed E-state index contributed by atoms with van der Waals surface area (Å²) in [5.74, 6) is 3.23. The zero-order valence-electron chi connectivity index (χ0n) is 8.90. The van der Waals surface area contributed by atoms with Crippen molar-refractivity contribution in [1.82, 2.24) is 9.38 Å². The number of hydrogen-bond acceptors (Lipinski definition) is 2. The van der Waals surface area contributed by atoms with Crippen LogP contribution in [0.3, 0.4) is 0 Å². The molecule has 0 amide bonds. The molecule has 1 aliphatic heterocycles. The highest BCUT2D eigenvalue weighted by Crippen LogP contribution is 2.31. The summed E-state index contributed by atoms with van der Waals surface area (Å²) in [4.78, 5) is 4.71. The van der Waals surface area contributed by atoms with Gasteiger partial charge in [0.15, 0.2) is 0 Å². The van der Waals surface area contributed by atoms with Crippen LogP contribution < -0.4 is 0 Å². The molecule has 1 fully saturated rings. The summed E-state index contributed by atoms with van der Waals surface area (Å²) in [5, 5.41) is 0. The minimum atomic E-state index is 0.667. The van der Waals surface area contributed by atoms with Crippen LogP contribution in [-0.2, 0) is 0 Å². The quantitative estimate of drug-likeness (QED) is 0.798. The third-order valence-corrected chi connectivity index (χ3v) is 4.59. The second kappa shape index (κ2) is 4.41. The Morgan fingerprint density at radius 3 is 2.88 bits per heavy atom. The van der Waals surface area contributed by atoms with Crippen molar-refractivity contribution >= 4 is 33.3 Å². The summed E-state index contributed by atoms with van der Waals surface area (Å²) in [7, 11) is 0. The van der Waals surface area contributed by atoms with E-state index in [9.17, 15) is 0 Å². The van der Waals surface area contributed by atoms with Crippen LogP contribution in [0.4, 0.5) is 0 Å². The van der Waals surface area contributed by atoms with E-state index in [2.05, 4.69) is 50.6 Å². The highest BCUT2D eigenvalue weighted by atomic mass is 79.9. The largest absolute Gasteiger partial charge is 0.306 e. The first-order valence-electron chi connectivity index (χ1n) is 5.55. The Bertz CT molecular complexity index is 503. The summed E-state index contributed by atoms with van der Waals surface area (Å²) in [6.07, 6.45) is 6.80. The van der Waals surface area contributed by atoms with Gasteiger partial charge in [0, 0.05) is 22.8 Å². The molecule has 4 heteroatoms. The lowest BCUT2D eigenvalue weighted by molar-refractivity contribution is 0.623. The van der Waals surface area contributed by atoms with E-state index in [1.165, 1.54) is 30.0 Å². The molecule has 0 saturated carbocycles. The molecule has 3 rings (SSSR count). The van der Waals surface area contributed by atoms with Gasteiger partial charge in [0.2, 0.25) is 0 Å². The van der Waals surface area contributed by atoms with Crippen LogP contribution in [0.15, 0.2) is 29.0 Å². The van der Waals surface area contributed by atoms with Crippen molar-refractivity contribution in [1.29, 1.82) is 0 Å². The highest BCUT2D eigenvalue weighted by Gasteiger charge is 2.18. The molecule has 0 atom stereocenters. The van der Waals surface area contributed by atoms with Crippen LogP contribution in [-0.4, -0.2) is 20.9 Å². The minimum Gasteiger partial charge on any atom is -0.306 e. The van der Waals surface area contributed by atoms with E-state index in [0.717, 1.165) is 10.1 Å². The van der Waals surface area contributed by atoms with E-state index < -0.39 is 0 Å². The number of imidazole rings is 1. The lowest BCUT2D eigenvalue weighted by Crippen LogP contribution is -2.07. The number of thioether (sulfide) groups is 1. The standard InChI is InChI=1S/C12H13BrN2S/c13-10-1-2-12-14-11(8-15(12)7-10)9-3-5-16-6-4-9/h1-2,7-9H,3-6H2. The van der Waals surface area contributed by atoms with Gasteiger partial charge >= 0.3 is 0 Å². The topological polar surface area (TPSA) is 17.3 Å². The molecular weight excluding hydrogens is 284 g/mol. The smallest absolute Gasteiger partial charge is 0.137 e. The van der Waals surface area contributed by atoms with Gasteiger partial charge in [-0.3, -0.25) is 0 Å². The summed E-state index contributed by atoms with van der Waals surface area (Å²) < 4.78 is 3.21. The van der Waals surface area contributed by atoms with Crippen molar-refractivity contribution in [3.05, 3.63) is 34.7 Å². The monoisotopic (exact) mass is 296 g/mol. The van der Waals surface area contributed by atoms with Crippen molar-refractivity contribution in [2.75, 3.05) is 11.5 Å². The first-order valence-corrected chi connectivity index (χ1v) is 7.49.